The highest BCUT2D eigenvalue weighted by molar-refractivity contribution is 5.87. The third kappa shape index (κ3) is 3.85. The van der Waals surface area contributed by atoms with Gasteiger partial charge in [0, 0.05) is 11.1 Å². The number of hydrogen-bond donors (Lipinski definition) is 0. The molecule has 0 amide bonds. The van der Waals surface area contributed by atoms with Crippen molar-refractivity contribution in [2.24, 2.45) is 35.5 Å². The Morgan fingerprint density at radius 3 is 1.27 bits per heavy atom. The van der Waals surface area contributed by atoms with Crippen LogP contribution < -0.4 is 0 Å². The molecule has 0 N–H and O–H groups in total. The minimum absolute atomic E-state index is 0.144. The van der Waals surface area contributed by atoms with Crippen molar-refractivity contribution in [3.8, 4) is 0 Å². The fraction of sp³-hybridized carbons (Fsp3) is 0.812. The molecule has 0 aromatic carbocycles. The molecule has 8 saturated carbocycles. The summed E-state index contributed by atoms with van der Waals surface area (Å²) in [5.74, 6) is 2.34. The zero-order valence-corrected chi connectivity index (χ0v) is 24.0. The highest BCUT2D eigenvalue weighted by Crippen LogP contribution is 2.76. The summed E-state index contributed by atoms with van der Waals surface area (Å²) >= 11 is 0. The fourth-order valence-corrected chi connectivity index (χ4v) is 11.0. The fourth-order valence-electron chi connectivity index (χ4n) is 11.0. The summed E-state index contributed by atoms with van der Waals surface area (Å²) in [5, 5.41) is 0. The molecular weight excluding hydrogens is 512 g/mol. The molecule has 1 aliphatic heterocycles. The Morgan fingerprint density at radius 1 is 0.625 bits per heavy atom. The predicted octanol–water partition coefficient (Wildman–Crippen LogP) is 4.86. The molecule has 220 valence electrons. The normalized spacial score (nSPS) is 47.0. The summed E-state index contributed by atoms with van der Waals surface area (Å²) in [6.07, 6.45) is 10.9. The van der Waals surface area contributed by atoms with E-state index < -0.39 is 0 Å². The average molecular weight is 557 g/mol. The zero-order chi connectivity index (χ0) is 27.9. The van der Waals surface area contributed by atoms with E-state index in [1.807, 2.05) is 0 Å². The Hall–Kier alpha value is -1.74. The van der Waals surface area contributed by atoms with Gasteiger partial charge in [0.1, 0.15) is 24.4 Å². The molecule has 8 heteroatoms. The smallest absolute Gasteiger partial charge is 0.333 e. The summed E-state index contributed by atoms with van der Waals surface area (Å²) in [6, 6.07) is 0. The summed E-state index contributed by atoms with van der Waals surface area (Å²) in [4.78, 5) is 36.5. The first-order valence-corrected chi connectivity index (χ1v) is 15.4. The van der Waals surface area contributed by atoms with Gasteiger partial charge in [-0.25, -0.2) is 19.4 Å². The van der Waals surface area contributed by atoms with E-state index in [0.29, 0.717) is 59.9 Å². The second-order valence-electron chi connectivity index (χ2n) is 14.3. The van der Waals surface area contributed by atoms with Gasteiger partial charge in [-0.1, -0.05) is 13.2 Å². The van der Waals surface area contributed by atoms with Crippen LogP contribution in [0.25, 0.3) is 0 Å². The molecule has 9 rings (SSSR count). The van der Waals surface area contributed by atoms with Gasteiger partial charge in [-0.2, -0.15) is 0 Å². The quantitative estimate of drug-likeness (QED) is 0.163. The number of hydrogen-bond acceptors (Lipinski definition) is 8. The van der Waals surface area contributed by atoms with Crippen LogP contribution in [0, 0.1) is 35.5 Å². The maximum absolute atomic E-state index is 11.8. The maximum atomic E-state index is 11.8. The minimum atomic E-state index is -0.355. The molecule has 9 aliphatic rings. The van der Waals surface area contributed by atoms with Crippen molar-refractivity contribution in [2.75, 3.05) is 26.4 Å². The molecule has 8 nitrogen and oxygen atoms in total. The molecule has 9 fully saturated rings. The SMILES string of the molecule is C=C(C)C(=O)OCCOC12CC3CC(C1)C1(OOC14C1CC5CC4CC(OCCOC(=O)C(=C)C)(C5)C1)C(C3)C2. The second-order valence-corrected chi connectivity index (χ2v) is 14.3. The Morgan fingerprint density at radius 2 is 0.975 bits per heavy atom. The van der Waals surface area contributed by atoms with Crippen molar-refractivity contribution in [2.45, 2.75) is 100 Å². The van der Waals surface area contributed by atoms with Gasteiger partial charge in [0.15, 0.2) is 0 Å². The van der Waals surface area contributed by atoms with Crippen molar-refractivity contribution in [1.29, 1.82) is 0 Å². The van der Waals surface area contributed by atoms with Gasteiger partial charge < -0.3 is 18.9 Å². The summed E-state index contributed by atoms with van der Waals surface area (Å²) in [5.41, 5.74) is 0.106. The standard InChI is InChI=1S/C32H44O8/c1-19(2)27(33)35-5-7-37-29-13-21-9-23(15-29)31(24(10-21)16-29)32(40-39-31)25-11-22-12-26(32)18-30(14-22,17-25)38-8-6-36-28(34)20(3)4/h21-26H,1,3,5-18H2,2,4H3. The summed E-state index contributed by atoms with van der Waals surface area (Å²) < 4.78 is 23.8. The molecule has 2 spiro atoms. The molecule has 0 aromatic heterocycles. The van der Waals surface area contributed by atoms with Gasteiger partial charge in [0.2, 0.25) is 0 Å². The largest absolute Gasteiger partial charge is 0.460 e. The highest BCUT2D eigenvalue weighted by Gasteiger charge is 2.83. The van der Waals surface area contributed by atoms with Gasteiger partial charge >= 0.3 is 11.9 Å². The first-order valence-electron chi connectivity index (χ1n) is 15.4. The van der Waals surface area contributed by atoms with E-state index in [1.165, 1.54) is 25.7 Å². The zero-order valence-electron chi connectivity index (χ0n) is 24.0. The lowest BCUT2D eigenvalue weighted by Crippen LogP contribution is -2.86. The Balaban J connectivity index is 1.04. The lowest BCUT2D eigenvalue weighted by Gasteiger charge is -2.78. The van der Waals surface area contributed by atoms with Gasteiger partial charge in [0.05, 0.1) is 24.4 Å². The lowest BCUT2D eigenvalue weighted by atomic mass is 9.36. The van der Waals surface area contributed by atoms with Crippen molar-refractivity contribution in [1.82, 2.24) is 0 Å². The third-order valence-electron chi connectivity index (χ3n) is 11.8. The molecule has 4 atom stereocenters. The Kier molecular flexibility index (Phi) is 6.36. The number of carbonyl (C=O) groups is 2. The van der Waals surface area contributed by atoms with Crippen LogP contribution in [-0.2, 0) is 38.3 Å². The summed E-state index contributed by atoms with van der Waals surface area (Å²) in [7, 11) is 0. The topological polar surface area (TPSA) is 89.5 Å². The van der Waals surface area contributed by atoms with Crippen LogP contribution in [-0.4, -0.2) is 60.8 Å². The van der Waals surface area contributed by atoms with E-state index in [0.717, 1.165) is 38.5 Å². The van der Waals surface area contributed by atoms with Gasteiger partial charge in [-0.05, 0) is 114 Å². The Bertz CT molecular complexity index is 992. The van der Waals surface area contributed by atoms with Crippen LogP contribution in [0.4, 0.5) is 0 Å². The Labute approximate surface area is 237 Å². The van der Waals surface area contributed by atoms with Crippen LogP contribution in [0.15, 0.2) is 24.3 Å². The van der Waals surface area contributed by atoms with E-state index in [9.17, 15) is 9.59 Å². The monoisotopic (exact) mass is 556 g/mol. The van der Waals surface area contributed by atoms with Crippen LogP contribution >= 0.6 is 0 Å². The van der Waals surface area contributed by atoms with E-state index in [-0.39, 0.29) is 47.6 Å². The first kappa shape index (κ1) is 27.1. The lowest BCUT2D eigenvalue weighted by molar-refractivity contribution is -0.618. The van der Waals surface area contributed by atoms with Gasteiger partial charge in [-0.15, -0.1) is 0 Å². The summed E-state index contributed by atoms with van der Waals surface area (Å²) in [6.45, 7) is 12.0. The molecule has 8 aliphatic carbocycles. The molecule has 0 aromatic rings. The number of rotatable bonds is 10. The van der Waals surface area contributed by atoms with Gasteiger partial charge in [-0.3, -0.25) is 0 Å². The molecular formula is C32H44O8. The van der Waals surface area contributed by atoms with Crippen LogP contribution in [0.3, 0.4) is 0 Å². The van der Waals surface area contributed by atoms with Crippen LogP contribution in [0.5, 0.6) is 0 Å². The van der Waals surface area contributed by atoms with E-state index in [2.05, 4.69) is 13.2 Å². The van der Waals surface area contributed by atoms with E-state index in [4.69, 9.17) is 28.7 Å². The molecule has 1 saturated heterocycles. The van der Waals surface area contributed by atoms with Crippen molar-refractivity contribution in [3.05, 3.63) is 24.3 Å². The number of esters is 2. The number of ether oxygens (including phenoxy) is 4. The van der Waals surface area contributed by atoms with Crippen LogP contribution in [0.2, 0.25) is 0 Å². The van der Waals surface area contributed by atoms with Crippen molar-refractivity contribution in [3.63, 3.8) is 0 Å². The minimum Gasteiger partial charge on any atom is -0.460 e. The van der Waals surface area contributed by atoms with E-state index >= 15 is 0 Å². The van der Waals surface area contributed by atoms with Crippen molar-refractivity contribution < 1.29 is 38.3 Å². The first-order chi connectivity index (χ1) is 19.1. The molecule has 1 heterocycles. The highest BCUT2D eigenvalue weighted by atomic mass is 17.3. The average Bonchev–Trinajstić information content (AvgIpc) is 2.87. The molecule has 8 bridgehead atoms. The molecule has 40 heavy (non-hydrogen) atoms. The maximum Gasteiger partial charge on any atom is 0.333 e. The molecule has 4 unspecified atom stereocenters. The third-order valence-corrected chi connectivity index (χ3v) is 11.8. The van der Waals surface area contributed by atoms with E-state index in [1.54, 1.807) is 13.8 Å². The van der Waals surface area contributed by atoms with Crippen LogP contribution in [0.1, 0.15) is 78.1 Å². The van der Waals surface area contributed by atoms with Crippen molar-refractivity contribution >= 4 is 11.9 Å². The number of carbonyl (C=O) groups excluding carboxylic acids is 2. The predicted molar refractivity (Wildman–Crippen MR) is 144 cm³/mol. The van der Waals surface area contributed by atoms with Gasteiger partial charge in [0.25, 0.3) is 0 Å². The second kappa shape index (κ2) is 9.38. The molecule has 0 radical (unpaired) electrons.